The Morgan fingerprint density at radius 2 is 2.07 bits per heavy atom. The second-order valence-electron chi connectivity index (χ2n) is 5.95. The van der Waals surface area contributed by atoms with E-state index in [2.05, 4.69) is 15.3 Å². The Kier molecular flexibility index (Phi) is 4.82. The number of para-hydroxylation sites is 1. The van der Waals surface area contributed by atoms with Gasteiger partial charge >= 0.3 is 0 Å². The normalized spacial score (nSPS) is 14.5. The van der Waals surface area contributed by atoms with E-state index in [1.54, 1.807) is 6.07 Å². The van der Waals surface area contributed by atoms with Gasteiger partial charge in [0.15, 0.2) is 10.8 Å². The van der Waals surface area contributed by atoms with Crippen LogP contribution in [0.25, 0.3) is 10.3 Å². The fourth-order valence-corrected chi connectivity index (χ4v) is 3.77. The number of halogens is 1. The molecule has 1 fully saturated rings. The number of hydrogen-bond donors (Lipinski definition) is 1. The number of morpholine rings is 1. The number of fused-ring (bicyclic) bond motifs is 1. The number of carbonyl (C=O) groups excluding carboxylic acids is 1. The van der Waals surface area contributed by atoms with Gasteiger partial charge in [-0.1, -0.05) is 23.5 Å². The molecule has 4 rings (SSSR count). The summed E-state index contributed by atoms with van der Waals surface area (Å²) in [5, 5.41) is 3.17. The van der Waals surface area contributed by atoms with E-state index in [1.807, 2.05) is 4.90 Å². The third-order valence-corrected chi connectivity index (χ3v) is 5.21. The van der Waals surface area contributed by atoms with E-state index >= 15 is 0 Å². The summed E-state index contributed by atoms with van der Waals surface area (Å²) in [4.78, 5) is 35.5. The molecular weight excluding hydrogens is 373 g/mol. The average molecular weight is 389 g/mol. The molecule has 1 aliphatic rings. The predicted octanol–water partition coefficient (Wildman–Crippen LogP) is 1.47. The van der Waals surface area contributed by atoms with Gasteiger partial charge in [0.25, 0.3) is 5.56 Å². The van der Waals surface area contributed by atoms with Crippen LogP contribution in [0.1, 0.15) is 0 Å². The molecule has 0 aliphatic carbocycles. The summed E-state index contributed by atoms with van der Waals surface area (Å²) in [6.45, 7) is 2.38. The van der Waals surface area contributed by atoms with Gasteiger partial charge in [-0.25, -0.2) is 9.37 Å². The highest BCUT2D eigenvalue weighted by atomic mass is 32.1. The Labute approximate surface area is 157 Å². The summed E-state index contributed by atoms with van der Waals surface area (Å²) in [5.74, 6) is -1.05. The van der Waals surface area contributed by atoms with Gasteiger partial charge in [-0.15, -0.1) is 0 Å². The van der Waals surface area contributed by atoms with Gasteiger partial charge in [-0.2, -0.15) is 4.98 Å². The fraction of sp³-hybridized carbons (Fsp3) is 0.294. The molecule has 0 unspecified atom stereocenters. The number of hydrogen-bond acceptors (Lipinski definition) is 7. The van der Waals surface area contributed by atoms with Gasteiger partial charge in [0.05, 0.1) is 18.9 Å². The highest BCUT2D eigenvalue weighted by Gasteiger charge is 2.18. The molecule has 0 spiro atoms. The van der Waals surface area contributed by atoms with Crippen LogP contribution in [0.2, 0.25) is 0 Å². The zero-order chi connectivity index (χ0) is 18.8. The molecular formula is C17H16FN5O3S. The first-order valence-corrected chi connectivity index (χ1v) is 9.16. The Morgan fingerprint density at radius 3 is 2.85 bits per heavy atom. The molecule has 1 N–H and O–H groups in total. The molecule has 3 heterocycles. The van der Waals surface area contributed by atoms with E-state index in [1.165, 1.54) is 40.4 Å². The predicted molar refractivity (Wildman–Crippen MR) is 99.7 cm³/mol. The van der Waals surface area contributed by atoms with Gasteiger partial charge in [0.1, 0.15) is 23.4 Å². The minimum absolute atomic E-state index is 0.0666. The van der Waals surface area contributed by atoms with Crippen molar-refractivity contribution in [2.24, 2.45) is 0 Å². The molecule has 3 aromatic rings. The molecule has 1 saturated heterocycles. The quantitative estimate of drug-likeness (QED) is 0.727. The number of rotatable bonds is 4. The van der Waals surface area contributed by atoms with Crippen LogP contribution >= 0.6 is 11.3 Å². The van der Waals surface area contributed by atoms with Crippen molar-refractivity contribution in [2.45, 2.75) is 6.54 Å². The first kappa shape index (κ1) is 17.6. The Balaban J connectivity index is 1.55. The number of nitrogens with zero attached hydrogens (tertiary/aromatic N) is 4. The van der Waals surface area contributed by atoms with Crippen LogP contribution in [0.5, 0.6) is 0 Å². The summed E-state index contributed by atoms with van der Waals surface area (Å²) >= 11 is 1.25. The Hall–Kier alpha value is -2.85. The number of amides is 1. The van der Waals surface area contributed by atoms with Crippen LogP contribution in [-0.4, -0.2) is 46.7 Å². The van der Waals surface area contributed by atoms with Crippen molar-refractivity contribution in [1.29, 1.82) is 0 Å². The lowest BCUT2D eigenvalue weighted by molar-refractivity contribution is -0.116. The molecule has 2 aromatic heterocycles. The van der Waals surface area contributed by atoms with Crippen LogP contribution < -0.4 is 15.8 Å². The first-order valence-electron chi connectivity index (χ1n) is 8.35. The van der Waals surface area contributed by atoms with E-state index in [4.69, 9.17) is 4.74 Å². The van der Waals surface area contributed by atoms with E-state index in [0.29, 0.717) is 41.8 Å². The van der Waals surface area contributed by atoms with E-state index in [0.717, 1.165) is 0 Å². The SMILES string of the molecule is O=C(Cn1cnc2nc(N3CCOCC3)sc2c1=O)Nc1ccccc1F. The highest BCUT2D eigenvalue weighted by Crippen LogP contribution is 2.25. The van der Waals surface area contributed by atoms with Crippen molar-refractivity contribution in [3.63, 3.8) is 0 Å². The van der Waals surface area contributed by atoms with E-state index in [-0.39, 0.29) is 17.8 Å². The fourth-order valence-electron chi connectivity index (χ4n) is 2.74. The third kappa shape index (κ3) is 3.67. The van der Waals surface area contributed by atoms with Crippen LogP contribution in [-0.2, 0) is 16.1 Å². The second kappa shape index (κ2) is 7.41. The van der Waals surface area contributed by atoms with Crippen LogP contribution in [0.3, 0.4) is 0 Å². The highest BCUT2D eigenvalue weighted by molar-refractivity contribution is 7.22. The van der Waals surface area contributed by atoms with Crippen LogP contribution in [0.4, 0.5) is 15.2 Å². The minimum Gasteiger partial charge on any atom is -0.378 e. The van der Waals surface area contributed by atoms with Gasteiger partial charge in [-0.05, 0) is 12.1 Å². The third-order valence-electron chi connectivity index (χ3n) is 4.12. The molecule has 8 nitrogen and oxygen atoms in total. The van der Waals surface area contributed by atoms with E-state index in [9.17, 15) is 14.0 Å². The topological polar surface area (TPSA) is 89.3 Å². The van der Waals surface area contributed by atoms with Crippen LogP contribution in [0, 0.1) is 5.82 Å². The summed E-state index contributed by atoms with van der Waals surface area (Å²) in [7, 11) is 0. The van der Waals surface area contributed by atoms with Gasteiger partial charge < -0.3 is 15.0 Å². The van der Waals surface area contributed by atoms with Gasteiger partial charge in [0, 0.05) is 13.1 Å². The number of ether oxygens (including phenoxy) is 1. The maximum atomic E-state index is 13.6. The molecule has 27 heavy (non-hydrogen) atoms. The zero-order valence-electron chi connectivity index (χ0n) is 14.2. The number of benzene rings is 1. The molecule has 1 aliphatic heterocycles. The lowest BCUT2D eigenvalue weighted by Crippen LogP contribution is -2.36. The molecule has 1 aromatic carbocycles. The molecule has 140 valence electrons. The average Bonchev–Trinajstić information content (AvgIpc) is 3.12. The minimum atomic E-state index is -0.538. The summed E-state index contributed by atoms with van der Waals surface area (Å²) in [5.41, 5.74) is 0.0786. The van der Waals surface area contributed by atoms with Crippen molar-refractivity contribution in [3.05, 3.63) is 46.8 Å². The van der Waals surface area contributed by atoms with Crippen LogP contribution in [0.15, 0.2) is 35.4 Å². The monoisotopic (exact) mass is 389 g/mol. The molecule has 0 radical (unpaired) electrons. The number of carbonyl (C=O) groups is 1. The zero-order valence-corrected chi connectivity index (χ0v) is 15.0. The number of nitrogens with one attached hydrogen (secondary N) is 1. The van der Waals surface area contributed by atoms with Crippen molar-refractivity contribution in [1.82, 2.24) is 14.5 Å². The van der Waals surface area contributed by atoms with Gasteiger partial charge in [-0.3, -0.25) is 14.2 Å². The Morgan fingerprint density at radius 1 is 1.30 bits per heavy atom. The van der Waals surface area contributed by atoms with Crippen molar-refractivity contribution >= 4 is 38.4 Å². The molecule has 0 bridgehead atoms. The summed E-state index contributed by atoms with van der Waals surface area (Å²) in [6, 6.07) is 5.85. The smallest absolute Gasteiger partial charge is 0.273 e. The molecule has 1 amide bonds. The summed E-state index contributed by atoms with van der Waals surface area (Å²) in [6.07, 6.45) is 1.29. The van der Waals surface area contributed by atoms with Crippen molar-refractivity contribution in [2.75, 3.05) is 36.5 Å². The van der Waals surface area contributed by atoms with E-state index < -0.39 is 11.7 Å². The molecule has 0 atom stereocenters. The number of thiazole rings is 1. The largest absolute Gasteiger partial charge is 0.378 e. The second-order valence-corrected chi connectivity index (χ2v) is 6.93. The maximum absolute atomic E-state index is 13.6. The van der Waals surface area contributed by atoms with Crippen molar-refractivity contribution in [3.8, 4) is 0 Å². The molecule has 10 heteroatoms. The van der Waals surface area contributed by atoms with Crippen molar-refractivity contribution < 1.29 is 13.9 Å². The summed E-state index contributed by atoms with van der Waals surface area (Å²) < 4.78 is 20.5. The lowest BCUT2D eigenvalue weighted by atomic mass is 10.3. The Bertz CT molecular complexity index is 1040. The first-order chi connectivity index (χ1) is 13.1. The van der Waals surface area contributed by atoms with Gasteiger partial charge in [0.2, 0.25) is 5.91 Å². The molecule has 0 saturated carbocycles. The maximum Gasteiger partial charge on any atom is 0.273 e. The lowest BCUT2D eigenvalue weighted by Gasteiger charge is -2.25. The number of anilines is 2. The number of aromatic nitrogens is 3. The standard InChI is InChI=1S/C17H16FN5O3S/c18-11-3-1-2-4-12(11)20-13(24)9-23-10-19-15-14(16(23)25)27-17(21-15)22-5-7-26-8-6-22/h1-4,10H,5-9H2,(H,20,24).